The summed E-state index contributed by atoms with van der Waals surface area (Å²) in [6.07, 6.45) is 4.44. The van der Waals surface area contributed by atoms with Crippen molar-refractivity contribution in [2.24, 2.45) is 0 Å². The van der Waals surface area contributed by atoms with E-state index >= 15 is 0 Å². The van der Waals surface area contributed by atoms with E-state index in [-0.39, 0.29) is 0 Å². The maximum Gasteiger partial charge on any atom is 0.0766 e. The molecule has 1 fully saturated rings. The van der Waals surface area contributed by atoms with E-state index in [9.17, 15) is 0 Å². The Balaban J connectivity index is 1.23. The Labute approximate surface area is 155 Å². The zero-order valence-corrected chi connectivity index (χ0v) is 15.1. The maximum atomic E-state index is 4.68. The lowest BCUT2D eigenvalue weighted by Crippen LogP contribution is -2.41. The molecule has 0 bridgehead atoms. The van der Waals surface area contributed by atoms with Crippen LogP contribution in [0.15, 0.2) is 72.9 Å². The summed E-state index contributed by atoms with van der Waals surface area (Å²) in [6.45, 7) is 4.22. The predicted molar refractivity (Wildman–Crippen MR) is 105 cm³/mol. The monoisotopic (exact) mass is 346 g/mol. The summed E-state index contributed by atoms with van der Waals surface area (Å²) in [6, 6.07) is 23.7. The van der Waals surface area contributed by atoms with Crippen molar-refractivity contribution in [3.8, 4) is 5.69 Å². The van der Waals surface area contributed by atoms with E-state index in [1.54, 1.807) is 0 Å². The fourth-order valence-corrected chi connectivity index (χ4v) is 3.57. The van der Waals surface area contributed by atoms with Crippen LogP contribution in [0.4, 0.5) is 0 Å². The quantitative estimate of drug-likeness (QED) is 0.740. The highest BCUT2D eigenvalue weighted by Gasteiger charge is 2.19. The molecule has 0 radical (unpaired) electrons. The van der Waals surface area contributed by atoms with Crippen molar-refractivity contribution < 1.29 is 0 Å². The lowest BCUT2D eigenvalue weighted by molar-refractivity contribution is 0.190. The van der Waals surface area contributed by atoms with Gasteiger partial charge in [-0.2, -0.15) is 5.10 Å². The van der Waals surface area contributed by atoms with E-state index in [0.717, 1.165) is 37.6 Å². The standard InChI is InChI=1S/C22H26N4/c1-3-7-19(8-4-1)18-25-14-11-20(12-15-25)23-17-21-13-16-26(24-21)22-9-5-2-6-10-22/h1-10,13,16,20,23H,11-12,14-15,17-18H2. The van der Waals surface area contributed by atoms with Crippen molar-refractivity contribution in [3.63, 3.8) is 0 Å². The number of aromatic nitrogens is 2. The fourth-order valence-electron chi connectivity index (χ4n) is 3.57. The van der Waals surface area contributed by atoms with Gasteiger partial charge in [0, 0.05) is 25.3 Å². The molecular weight excluding hydrogens is 320 g/mol. The van der Waals surface area contributed by atoms with Gasteiger partial charge in [0.25, 0.3) is 0 Å². The molecule has 1 aliphatic rings. The molecule has 4 heteroatoms. The molecule has 1 aromatic heterocycles. The summed E-state index contributed by atoms with van der Waals surface area (Å²) in [5.74, 6) is 0. The first kappa shape index (κ1) is 17.0. The average Bonchev–Trinajstić information content (AvgIpc) is 3.18. The van der Waals surface area contributed by atoms with E-state index in [4.69, 9.17) is 0 Å². The Kier molecular flexibility index (Phi) is 5.43. The third kappa shape index (κ3) is 4.40. The van der Waals surface area contributed by atoms with Gasteiger partial charge >= 0.3 is 0 Å². The first-order valence-corrected chi connectivity index (χ1v) is 9.46. The minimum absolute atomic E-state index is 0.587. The Morgan fingerprint density at radius 3 is 2.31 bits per heavy atom. The van der Waals surface area contributed by atoms with Crippen molar-refractivity contribution in [3.05, 3.63) is 84.2 Å². The van der Waals surface area contributed by atoms with E-state index in [2.05, 4.69) is 63.8 Å². The van der Waals surface area contributed by atoms with Gasteiger partial charge in [-0.05, 0) is 49.7 Å². The molecule has 0 saturated carbocycles. The topological polar surface area (TPSA) is 33.1 Å². The molecule has 3 aromatic rings. The fraction of sp³-hybridized carbons (Fsp3) is 0.318. The molecule has 2 heterocycles. The lowest BCUT2D eigenvalue weighted by atomic mass is 10.0. The molecule has 4 nitrogen and oxygen atoms in total. The van der Waals surface area contributed by atoms with Crippen LogP contribution in [0.3, 0.4) is 0 Å². The van der Waals surface area contributed by atoms with E-state index < -0.39 is 0 Å². The van der Waals surface area contributed by atoms with Crippen LogP contribution in [0, 0.1) is 0 Å². The molecule has 1 aliphatic heterocycles. The van der Waals surface area contributed by atoms with Gasteiger partial charge in [0.05, 0.1) is 11.4 Å². The highest BCUT2D eigenvalue weighted by molar-refractivity contribution is 5.30. The van der Waals surface area contributed by atoms with Gasteiger partial charge in [0.2, 0.25) is 0 Å². The number of likely N-dealkylation sites (tertiary alicyclic amines) is 1. The van der Waals surface area contributed by atoms with Crippen molar-refractivity contribution >= 4 is 0 Å². The van der Waals surface area contributed by atoms with Gasteiger partial charge in [-0.1, -0.05) is 48.5 Å². The van der Waals surface area contributed by atoms with Crippen molar-refractivity contribution in [2.75, 3.05) is 13.1 Å². The maximum absolute atomic E-state index is 4.68. The SMILES string of the molecule is c1ccc(CN2CCC(NCc3ccn(-c4ccccc4)n3)CC2)cc1. The van der Waals surface area contributed by atoms with Crippen molar-refractivity contribution in [1.29, 1.82) is 0 Å². The van der Waals surface area contributed by atoms with Gasteiger partial charge in [-0.15, -0.1) is 0 Å². The Morgan fingerprint density at radius 2 is 1.58 bits per heavy atom. The van der Waals surface area contributed by atoms with Crippen LogP contribution < -0.4 is 5.32 Å². The average molecular weight is 346 g/mol. The normalized spacial score (nSPS) is 16.0. The zero-order valence-electron chi connectivity index (χ0n) is 15.1. The molecule has 4 rings (SSSR count). The van der Waals surface area contributed by atoms with Crippen LogP contribution in [0.1, 0.15) is 24.1 Å². The predicted octanol–water partition coefficient (Wildman–Crippen LogP) is 3.63. The molecule has 1 N–H and O–H groups in total. The van der Waals surface area contributed by atoms with Crippen LogP contribution in [0.25, 0.3) is 5.69 Å². The largest absolute Gasteiger partial charge is 0.308 e. The number of nitrogens with zero attached hydrogens (tertiary/aromatic N) is 3. The number of para-hydroxylation sites is 1. The molecule has 1 saturated heterocycles. The second-order valence-corrected chi connectivity index (χ2v) is 7.00. The number of benzene rings is 2. The van der Waals surface area contributed by atoms with E-state index in [0.29, 0.717) is 6.04 Å². The molecule has 0 unspecified atom stereocenters. The van der Waals surface area contributed by atoms with Crippen molar-refractivity contribution in [2.45, 2.75) is 32.0 Å². The van der Waals surface area contributed by atoms with Gasteiger partial charge in [-0.25, -0.2) is 4.68 Å². The van der Waals surface area contributed by atoms with Gasteiger partial charge in [-0.3, -0.25) is 4.90 Å². The second kappa shape index (κ2) is 8.30. The molecule has 0 amide bonds. The summed E-state index contributed by atoms with van der Waals surface area (Å²) >= 11 is 0. The molecule has 26 heavy (non-hydrogen) atoms. The molecule has 0 spiro atoms. The summed E-state index contributed by atoms with van der Waals surface area (Å²) in [4.78, 5) is 2.55. The van der Waals surface area contributed by atoms with Crippen LogP contribution in [0.2, 0.25) is 0 Å². The third-order valence-electron chi connectivity index (χ3n) is 5.07. The van der Waals surface area contributed by atoms with Crippen LogP contribution in [-0.4, -0.2) is 33.8 Å². The molecule has 0 aliphatic carbocycles. The summed E-state index contributed by atoms with van der Waals surface area (Å²) in [5.41, 5.74) is 3.61. The minimum atomic E-state index is 0.587. The summed E-state index contributed by atoms with van der Waals surface area (Å²) < 4.78 is 1.94. The second-order valence-electron chi connectivity index (χ2n) is 7.00. The van der Waals surface area contributed by atoms with Crippen LogP contribution >= 0.6 is 0 Å². The first-order chi connectivity index (χ1) is 12.9. The van der Waals surface area contributed by atoms with Gasteiger partial charge < -0.3 is 5.32 Å². The van der Waals surface area contributed by atoms with Crippen LogP contribution in [-0.2, 0) is 13.1 Å². The third-order valence-corrected chi connectivity index (χ3v) is 5.07. The van der Waals surface area contributed by atoms with Crippen molar-refractivity contribution in [1.82, 2.24) is 20.0 Å². The smallest absolute Gasteiger partial charge is 0.0766 e. The van der Waals surface area contributed by atoms with E-state index in [1.807, 2.05) is 29.1 Å². The highest BCUT2D eigenvalue weighted by atomic mass is 15.3. The van der Waals surface area contributed by atoms with E-state index in [1.165, 1.54) is 18.4 Å². The zero-order chi connectivity index (χ0) is 17.6. The first-order valence-electron chi connectivity index (χ1n) is 9.46. The number of hydrogen-bond donors (Lipinski definition) is 1. The summed E-state index contributed by atoms with van der Waals surface area (Å²) in [5, 5.41) is 8.36. The highest BCUT2D eigenvalue weighted by Crippen LogP contribution is 2.14. The Morgan fingerprint density at radius 1 is 0.885 bits per heavy atom. The molecular formula is C22H26N4. The molecule has 0 atom stereocenters. The number of piperidine rings is 1. The Bertz CT molecular complexity index is 789. The van der Waals surface area contributed by atoms with Gasteiger partial charge in [0.1, 0.15) is 0 Å². The molecule has 134 valence electrons. The summed E-state index contributed by atoms with van der Waals surface area (Å²) in [7, 11) is 0. The Hall–Kier alpha value is -2.43. The molecule has 2 aromatic carbocycles. The lowest BCUT2D eigenvalue weighted by Gasteiger charge is -2.32. The van der Waals surface area contributed by atoms with Gasteiger partial charge in [0.15, 0.2) is 0 Å². The number of hydrogen-bond acceptors (Lipinski definition) is 3. The van der Waals surface area contributed by atoms with Crippen LogP contribution in [0.5, 0.6) is 0 Å². The number of rotatable bonds is 6. The number of nitrogens with one attached hydrogen (secondary N) is 1. The minimum Gasteiger partial charge on any atom is -0.308 e.